The lowest BCUT2D eigenvalue weighted by atomic mass is 9.95. The predicted molar refractivity (Wildman–Crippen MR) is 96.9 cm³/mol. The van der Waals surface area contributed by atoms with E-state index in [0.717, 1.165) is 12.0 Å². The van der Waals surface area contributed by atoms with Crippen LogP contribution in [0.4, 0.5) is 0 Å². The minimum atomic E-state index is -2.70. The summed E-state index contributed by atoms with van der Waals surface area (Å²) in [4.78, 5) is 22.6. The van der Waals surface area contributed by atoms with Crippen molar-refractivity contribution in [1.82, 2.24) is 0 Å². The minimum absolute atomic E-state index is 0.143. The van der Waals surface area contributed by atoms with Crippen molar-refractivity contribution in [2.45, 2.75) is 70.5 Å². The second-order valence-electron chi connectivity index (χ2n) is 6.55. The van der Waals surface area contributed by atoms with Gasteiger partial charge >= 0.3 is 5.97 Å². The molecule has 0 heterocycles. The van der Waals surface area contributed by atoms with E-state index < -0.39 is 11.8 Å². The highest BCUT2D eigenvalue weighted by Gasteiger charge is 2.31. The zero-order valence-electron chi connectivity index (χ0n) is 15.0. The van der Waals surface area contributed by atoms with Crippen LogP contribution in [0.1, 0.15) is 64.7 Å². The Hall–Kier alpha value is -1.72. The Morgan fingerprint density at radius 2 is 1.96 bits per heavy atom. The van der Waals surface area contributed by atoms with Gasteiger partial charge in [-0.05, 0) is 31.3 Å². The van der Waals surface area contributed by atoms with Crippen LogP contribution in [-0.2, 0) is 9.59 Å². The first-order valence-electron chi connectivity index (χ1n) is 9.11. The van der Waals surface area contributed by atoms with Crippen LogP contribution in [0.5, 0.6) is 0 Å². The second kappa shape index (κ2) is 11.0. The van der Waals surface area contributed by atoms with Gasteiger partial charge < -0.3 is 15.3 Å². The molecule has 0 unspecified atom stereocenters. The number of aliphatic hydroxyl groups is 2. The van der Waals surface area contributed by atoms with Gasteiger partial charge in [-0.25, -0.2) is 4.79 Å². The van der Waals surface area contributed by atoms with Crippen molar-refractivity contribution in [2.75, 3.05) is 0 Å². The Labute approximate surface area is 149 Å². The summed E-state index contributed by atoms with van der Waals surface area (Å²) in [5, 5.41) is 27.0. The third-order valence-electron chi connectivity index (χ3n) is 4.41. The third kappa shape index (κ3) is 7.80. The quantitative estimate of drug-likeness (QED) is 0.284. The highest BCUT2D eigenvalue weighted by atomic mass is 16.5. The molecule has 1 rings (SSSR count). The molecule has 1 aliphatic carbocycles. The molecule has 25 heavy (non-hydrogen) atoms. The summed E-state index contributed by atoms with van der Waals surface area (Å²) in [6.45, 7) is 2.19. The van der Waals surface area contributed by atoms with Crippen molar-refractivity contribution < 1.29 is 24.9 Å². The predicted octanol–water partition coefficient (Wildman–Crippen LogP) is 3.52. The number of rotatable bonds is 12. The summed E-state index contributed by atoms with van der Waals surface area (Å²) in [6, 6.07) is 0. The van der Waals surface area contributed by atoms with Gasteiger partial charge in [-0.3, -0.25) is 4.79 Å². The number of carboxylic acids is 1. The molecule has 140 valence electrons. The molecule has 0 aromatic rings. The van der Waals surface area contributed by atoms with E-state index in [1.54, 1.807) is 6.08 Å². The van der Waals surface area contributed by atoms with Crippen LogP contribution in [0.2, 0.25) is 0 Å². The van der Waals surface area contributed by atoms with Crippen LogP contribution in [0.25, 0.3) is 0 Å². The van der Waals surface area contributed by atoms with E-state index in [4.69, 9.17) is 5.11 Å². The average Bonchev–Trinajstić information content (AvgIpc) is 2.90. The Kier molecular flexibility index (Phi) is 9.39. The zero-order valence-corrected chi connectivity index (χ0v) is 15.0. The van der Waals surface area contributed by atoms with E-state index in [0.29, 0.717) is 12.8 Å². The number of ketones is 1. The van der Waals surface area contributed by atoms with Gasteiger partial charge in [0.15, 0.2) is 0 Å². The van der Waals surface area contributed by atoms with E-state index >= 15 is 0 Å². The molecular weight excluding hydrogens is 320 g/mol. The number of allylic oxidation sites excluding steroid dienone is 6. The number of unbranched alkanes of at least 4 members (excludes halogenated alkanes) is 4. The number of carbonyl (C=O) groups is 2. The number of aliphatic carboxylic acids is 1. The Morgan fingerprint density at radius 3 is 2.64 bits per heavy atom. The number of hydrogen-bond acceptors (Lipinski definition) is 4. The molecule has 0 spiro atoms. The molecule has 0 amide bonds. The molecule has 0 saturated heterocycles. The number of carbonyl (C=O) groups excluding carboxylic acids is 1. The van der Waals surface area contributed by atoms with E-state index in [2.05, 4.69) is 13.0 Å². The van der Waals surface area contributed by atoms with Crippen LogP contribution in [0, 0.1) is 5.92 Å². The summed E-state index contributed by atoms with van der Waals surface area (Å²) < 4.78 is 0. The summed E-state index contributed by atoms with van der Waals surface area (Å²) in [7, 11) is 0. The van der Waals surface area contributed by atoms with Gasteiger partial charge in [0, 0.05) is 18.8 Å². The van der Waals surface area contributed by atoms with Gasteiger partial charge in [-0.15, -0.1) is 0 Å². The topological polar surface area (TPSA) is 94.8 Å². The zero-order chi connectivity index (χ0) is 18.7. The lowest BCUT2D eigenvalue weighted by Crippen LogP contribution is -2.37. The summed E-state index contributed by atoms with van der Waals surface area (Å²) in [5.41, 5.74) is 1.05. The summed E-state index contributed by atoms with van der Waals surface area (Å²) in [6.07, 6.45) is 16.5. The lowest BCUT2D eigenvalue weighted by molar-refractivity contribution is -0.205. The van der Waals surface area contributed by atoms with Crippen molar-refractivity contribution >= 4 is 11.8 Å². The molecule has 0 radical (unpaired) electrons. The minimum Gasteiger partial charge on any atom is -0.477 e. The van der Waals surface area contributed by atoms with Crippen molar-refractivity contribution in [2.24, 2.45) is 5.92 Å². The molecule has 0 fully saturated rings. The van der Waals surface area contributed by atoms with Crippen molar-refractivity contribution in [3.63, 3.8) is 0 Å². The van der Waals surface area contributed by atoms with Crippen LogP contribution in [-0.4, -0.2) is 32.9 Å². The first-order valence-corrected chi connectivity index (χ1v) is 9.11. The van der Waals surface area contributed by atoms with Gasteiger partial charge in [0.1, 0.15) is 5.78 Å². The Morgan fingerprint density at radius 1 is 1.20 bits per heavy atom. The molecule has 5 nitrogen and oxygen atoms in total. The molecule has 1 aliphatic rings. The van der Waals surface area contributed by atoms with E-state index in [-0.39, 0.29) is 24.5 Å². The van der Waals surface area contributed by atoms with Gasteiger partial charge in [0.25, 0.3) is 5.79 Å². The molecule has 0 saturated carbocycles. The molecule has 0 aliphatic heterocycles. The molecular formula is C20H30O5. The number of hydrogen-bond donors (Lipinski definition) is 3. The Balaban J connectivity index is 2.38. The maximum atomic E-state index is 12.0. The fourth-order valence-corrected chi connectivity index (χ4v) is 2.79. The van der Waals surface area contributed by atoms with E-state index in [1.165, 1.54) is 25.7 Å². The van der Waals surface area contributed by atoms with Crippen molar-refractivity contribution in [1.29, 1.82) is 0 Å². The average molecular weight is 350 g/mol. The summed E-state index contributed by atoms with van der Waals surface area (Å²) >= 11 is 0. The maximum absolute atomic E-state index is 12.0. The molecule has 1 atom stereocenters. The van der Waals surface area contributed by atoms with Crippen LogP contribution in [0.3, 0.4) is 0 Å². The first kappa shape index (κ1) is 21.3. The van der Waals surface area contributed by atoms with Gasteiger partial charge in [-0.1, -0.05) is 56.6 Å². The molecule has 0 aromatic carbocycles. The normalized spacial score (nSPS) is 18.4. The van der Waals surface area contributed by atoms with Gasteiger partial charge in [-0.2, -0.15) is 0 Å². The fraction of sp³-hybridized carbons (Fsp3) is 0.600. The van der Waals surface area contributed by atoms with Crippen molar-refractivity contribution in [3.05, 3.63) is 36.0 Å². The molecule has 5 heteroatoms. The second-order valence-corrected chi connectivity index (χ2v) is 6.55. The standard InChI is InChI=1S/C20H30O5/c1-2-3-4-5-6-8-11-16-13-14-18(21)17(16)12-9-7-10-15-20(24,25)19(22)23/h7-9,11,13,17,24-25H,2-6,10,12,14-15H2,1H3,(H,22,23)/b9-7-,11-8+/t17-/m1/s1. The molecule has 3 N–H and O–H groups in total. The van der Waals surface area contributed by atoms with Gasteiger partial charge in [0.2, 0.25) is 0 Å². The monoisotopic (exact) mass is 350 g/mol. The maximum Gasteiger partial charge on any atom is 0.364 e. The number of carboxylic acid groups (broad SMARTS) is 1. The lowest BCUT2D eigenvalue weighted by Gasteiger charge is -2.14. The molecule has 0 aromatic heterocycles. The van der Waals surface area contributed by atoms with E-state index in [1.807, 2.05) is 18.2 Å². The largest absolute Gasteiger partial charge is 0.477 e. The van der Waals surface area contributed by atoms with Crippen LogP contribution < -0.4 is 0 Å². The first-order chi connectivity index (χ1) is 11.9. The Bertz CT molecular complexity index is 528. The SMILES string of the molecule is CCCCCC/C=C/C1=CCC(=O)[C@@H]1C/C=C\CCC(O)(O)C(=O)O. The highest BCUT2D eigenvalue weighted by molar-refractivity contribution is 5.89. The van der Waals surface area contributed by atoms with Gasteiger partial charge in [0.05, 0.1) is 0 Å². The summed E-state index contributed by atoms with van der Waals surface area (Å²) in [5.74, 6) is -4.30. The smallest absolute Gasteiger partial charge is 0.364 e. The fourth-order valence-electron chi connectivity index (χ4n) is 2.79. The van der Waals surface area contributed by atoms with Crippen LogP contribution >= 0.6 is 0 Å². The van der Waals surface area contributed by atoms with Crippen LogP contribution in [0.15, 0.2) is 36.0 Å². The highest BCUT2D eigenvalue weighted by Crippen LogP contribution is 2.27. The van der Waals surface area contributed by atoms with E-state index in [9.17, 15) is 19.8 Å². The van der Waals surface area contributed by atoms with Crippen molar-refractivity contribution in [3.8, 4) is 0 Å². The number of Topliss-reactive ketones (excluding diaryl/α,β-unsaturated/α-hetero) is 1. The third-order valence-corrected chi connectivity index (χ3v) is 4.41. The molecule has 0 bridgehead atoms.